The Balaban J connectivity index is 2.40. The molecule has 2 nitrogen and oxygen atoms in total. The van der Waals surface area contributed by atoms with Crippen LogP contribution in [0.4, 0.5) is 0 Å². The molecule has 0 heterocycles. The van der Waals surface area contributed by atoms with Crippen LogP contribution in [-0.2, 0) is 12.0 Å². The van der Waals surface area contributed by atoms with Crippen LogP contribution in [0.3, 0.4) is 0 Å². The summed E-state index contributed by atoms with van der Waals surface area (Å²) in [5.41, 5.74) is 9.36. The van der Waals surface area contributed by atoms with E-state index in [0.29, 0.717) is 6.04 Å². The van der Waals surface area contributed by atoms with Gasteiger partial charge in [0, 0.05) is 6.04 Å². The van der Waals surface area contributed by atoms with E-state index in [1.807, 2.05) is 0 Å². The lowest BCUT2D eigenvalue weighted by Gasteiger charge is -2.38. The smallest absolute Gasteiger partial charge is 0.0570 e. The molecule has 0 spiro atoms. The zero-order valence-electron chi connectivity index (χ0n) is 11.2. The Labute approximate surface area is 105 Å². The fourth-order valence-electron chi connectivity index (χ4n) is 3.27. The second kappa shape index (κ2) is 4.79. The number of nitrogens with zero attached hydrogens (tertiary/aromatic N) is 1. The molecule has 2 heteroatoms. The van der Waals surface area contributed by atoms with Crippen molar-refractivity contribution in [2.45, 2.75) is 45.2 Å². The first kappa shape index (κ1) is 12.6. The van der Waals surface area contributed by atoms with Crippen molar-refractivity contribution in [2.24, 2.45) is 5.73 Å². The van der Waals surface area contributed by atoms with Gasteiger partial charge in [0.2, 0.25) is 0 Å². The highest BCUT2D eigenvalue weighted by Gasteiger charge is 2.44. The number of fused-ring (bicyclic) bond motifs is 1. The Bertz CT molecular complexity index is 384. The molecule has 0 aliphatic heterocycles. The van der Waals surface area contributed by atoms with Crippen molar-refractivity contribution in [2.75, 3.05) is 13.1 Å². The summed E-state index contributed by atoms with van der Waals surface area (Å²) < 4.78 is 0. The molecular formula is C15H24N2. The summed E-state index contributed by atoms with van der Waals surface area (Å²) in [5, 5.41) is 0. The molecule has 0 saturated heterocycles. The molecule has 0 aromatic heterocycles. The summed E-state index contributed by atoms with van der Waals surface area (Å²) in [6, 6.07) is 9.14. The third-order valence-corrected chi connectivity index (χ3v) is 4.36. The van der Waals surface area contributed by atoms with Gasteiger partial charge in [0.15, 0.2) is 0 Å². The Morgan fingerprint density at radius 3 is 2.47 bits per heavy atom. The van der Waals surface area contributed by atoms with E-state index in [0.717, 1.165) is 25.9 Å². The van der Waals surface area contributed by atoms with Gasteiger partial charge < -0.3 is 5.73 Å². The summed E-state index contributed by atoms with van der Waals surface area (Å²) in [5.74, 6) is 0. The Hall–Kier alpha value is -0.860. The van der Waals surface area contributed by atoms with Crippen LogP contribution in [0.5, 0.6) is 0 Å². The van der Waals surface area contributed by atoms with Crippen molar-refractivity contribution in [3.8, 4) is 0 Å². The molecule has 1 aromatic carbocycles. The van der Waals surface area contributed by atoms with Crippen LogP contribution in [0.15, 0.2) is 24.3 Å². The van der Waals surface area contributed by atoms with E-state index in [1.54, 1.807) is 0 Å². The summed E-state index contributed by atoms with van der Waals surface area (Å²) in [4.78, 5) is 2.50. The average Bonchev–Trinajstić information content (AvgIpc) is 2.66. The quantitative estimate of drug-likeness (QED) is 0.864. The number of nitrogens with two attached hydrogens (primary N) is 1. The first-order chi connectivity index (χ1) is 8.17. The maximum atomic E-state index is 6.72. The van der Waals surface area contributed by atoms with Crippen molar-refractivity contribution in [1.82, 2.24) is 4.90 Å². The number of hydrogen-bond acceptors (Lipinski definition) is 2. The van der Waals surface area contributed by atoms with E-state index in [2.05, 4.69) is 49.9 Å². The molecule has 0 radical (unpaired) electrons. The molecule has 94 valence electrons. The molecule has 2 atom stereocenters. The van der Waals surface area contributed by atoms with Crippen LogP contribution in [0.1, 0.15) is 38.3 Å². The summed E-state index contributed by atoms with van der Waals surface area (Å²) in [7, 11) is 0. The number of likely N-dealkylation sites (N-methyl/N-ethyl adjacent to an activating group) is 1. The lowest BCUT2D eigenvalue weighted by atomic mass is 9.86. The van der Waals surface area contributed by atoms with Crippen molar-refractivity contribution >= 4 is 0 Å². The predicted molar refractivity (Wildman–Crippen MR) is 73.0 cm³/mol. The van der Waals surface area contributed by atoms with Crippen LogP contribution in [-0.4, -0.2) is 24.0 Å². The highest BCUT2D eigenvalue weighted by atomic mass is 15.2. The largest absolute Gasteiger partial charge is 0.320 e. The lowest BCUT2D eigenvalue weighted by molar-refractivity contribution is 0.140. The van der Waals surface area contributed by atoms with E-state index < -0.39 is 0 Å². The van der Waals surface area contributed by atoms with Gasteiger partial charge in [0.05, 0.1) is 5.54 Å². The topological polar surface area (TPSA) is 29.3 Å². The van der Waals surface area contributed by atoms with Gasteiger partial charge in [-0.15, -0.1) is 0 Å². The Kier molecular flexibility index (Phi) is 3.55. The first-order valence-corrected chi connectivity index (χ1v) is 6.78. The Morgan fingerprint density at radius 1 is 1.24 bits per heavy atom. The maximum absolute atomic E-state index is 6.72. The minimum atomic E-state index is -0.164. The van der Waals surface area contributed by atoms with E-state index in [9.17, 15) is 0 Å². The van der Waals surface area contributed by atoms with Gasteiger partial charge in [-0.3, -0.25) is 4.90 Å². The van der Waals surface area contributed by atoms with E-state index >= 15 is 0 Å². The van der Waals surface area contributed by atoms with Crippen molar-refractivity contribution < 1.29 is 0 Å². The maximum Gasteiger partial charge on any atom is 0.0570 e. The molecule has 1 aromatic rings. The number of hydrogen-bond donors (Lipinski definition) is 1. The Morgan fingerprint density at radius 2 is 1.88 bits per heavy atom. The number of benzene rings is 1. The third-order valence-electron chi connectivity index (χ3n) is 4.36. The average molecular weight is 232 g/mol. The minimum absolute atomic E-state index is 0.164. The van der Waals surface area contributed by atoms with Gasteiger partial charge in [0.1, 0.15) is 0 Å². The standard InChI is InChI=1S/C15H24N2/c1-4-15(16)13-10-8-7-9-12(13)11-14(15)17(5-2)6-3/h7-10,14H,4-6,11,16H2,1-3H3. The zero-order chi connectivity index (χ0) is 12.5. The van der Waals surface area contributed by atoms with E-state index in [4.69, 9.17) is 5.73 Å². The van der Waals surface area contributed by atoms with Gasteiger partial charge >= 0.3 is 0 Å². The molecule has 0 amide bonds. The van der Waals surface area contributed by atoms with Gasteiger partial charge in [-0.1, -0.05) is 45.0 Å². The van der Waals surface area contributed by atoms with Crippen LogP contribution in [0.25, 0.3) is 0 Å². The second-order valence-corrected chi connectivity index (χ2v) is 4.99. The summed E-state index contributed by atoms with van der Waals surface area (Å²) in [6.45, 7) is 8.81. The van der Waals surface area contributed by atoms with Crippen molar-refractivity contribution in [1.29, 1.82) is 0 Å². The minimum Gasteiger partial charge on any atom is -0.320 e. The molecule has 1 aliphatic carbocycles. The van der Waals surface area contributed by atoms with Gasteiger partial charge in [-0.25, -0.2) is 0 Å². The third kappa shape index (κ3) is 1.90. The van der Waals surface area contributed by atoms with E-state index in [1.165, 1.54) is 11.1 Å². The van der Waals surface area contributed by atoms with Gasteiger partial charge in [-0.2, -0.15) is 0 Å². The predicted octanol–water partition coefficient (Wildman–Crippen LogP) is 2.52. The monoisotopic (exact) mass is 232 g/mol. The normalized spacial score (nSPS) is 27.5. The fourth-order valence-corrected chi connectivity index (χ4v) is 3.27. The molecule has 2 unspecified atom stereocenters. The summed E-state index contributed by atoms with van der Waals surface area (Å²) in [6.07, 6.45) is 2.10. The van der Waals surface area contributed by atoms with Crippen molar-refractivity contribution in [3.63, 3.8) is 0 Å². The molecule has 0 fully saturated rings. The molecule has 0 saturated carbocycles. The molecule has 17 heavy (non-hydrogen) atoms. The second-order valence-electron chi connectivity index (χ2n) is 4.99. The molecular weight excluding hydrogens is 208 g/mol. The molecule has 2 N–H and O–H groups in total. The highest BCUT2D eigenvalue weighted by Crippen LogP contribution is 2.39. The van der Waals surface area contributed by atoms with Crippen LogP contribution in [0.2, 0.25) is 0 Å². The molecule has 1 aliphatic rings. The fraction of sp³-hybridized carbons (Fsp3) is 0.600. The highest BCUT2D eigenvalue weighted by molar-refractivity contribution is 5.41. The zero-order valence-corrected chi connectivity index (χ0v) is 11.2. The SMILES string of the molecule is CCN(CC)C1Cc2ccccc2C1(N)CC. The van der Waals surface area contributed by atoms with E-state index in [-0.39, 0.29) is 5.54 Å². The van der Waals surface area contributed by atoms with Gasteiger partial charge in [0.25, 0.3) is 0 Å². The van der Waals surface area contributed by atoms with Crippen LogP contribution < -0.4 is 5.73 Å². The van der Waals surface area contributed by atoms with Crippen LogP contribution >= 0.6 is 0 Å². The summed E-state index contributed by atoms with van der Waals surface area (Å²) >= 11 is 0. The molecule has 0 bridgehead atoms. The van der Waals surface area contributed by atoms with Crippen LogP contribution in [0, 0.1) is 0 Å². The first-order valence-electron chi connectivity index (χ1n) is 6.78. The van der Waals surface area contributed by atoms with Crippen molar-refractivity contribution in [3.05, 3.63) is 35.4 Å². The van der Waals surface area contributed by atoms with Gasteiger partial charge in [-0.05, 0) is 37.1 Å². The molecule has 2 rings (SSSR count). The number of rotatable bonds is 4. The lowest BCUT2D eigenvalue weighted by Crippen LogP contribution is -2.53.